The molecule has 0 bridgehead atoms. The number of carbonyl (C=O) groups excluding carboxylic acids is 2. The molecular weight excluding hydrogens is 370 g/mol. The molecule has 0 radical (unpaired) electrons. The third-order valence-electron chi connectivity index (χ3n) is 3.29. The summed E-state index contributed by atoms with van der Waals surface area (Å²) in [6.45, 7) is 2.27. The van der Waals surface area contributed by atoms with E-state index < -0.39 is 0 Å². The highest BCUT2D eigenvalue weighted by Gasteiger charge is 2.11. The molecule has 2 aromatic carbocycles. The molecule has 5 nitrogen and oxygen atoms in total. The smallest absolute Gasteiger partial charge is 0.238 e. The Bertz CT molecular complexity index is 638. The summed E-state index contributed by atoms with van der Waals surface area (Å²) in [5.41, 5.74) is 2.61. The molecule has 126 valence electrons. The van der Waals surface area contributed by atoms with Crippen LogP contribution in [-0.4, -0.2) is 36.9 Å². The highest BCUT2D eigenvalue weighted by Crippen LogP contribution is 2.14. The molecule has 0 unspecified atom stereocenters. The third kappa shape index (κ3) is 6.14. The normalized spacial score (nSPS) is 10.5. The van der Waals surface area contributed by atoms with Gasteiger partial charge in [0.25, 0.3) is 0 Å². The zero-order chi connectivity index (χ0) is 17.5. The molecule has 0 saturated carbocycles. The zero-order valence-corrected chi connectivity index (χ0v) is 15.3. The van der Waals surface area contributed by atoms with Crippen molar-refractivity contribution in [3.05, 3.63) is 58.6 Å². The summed E-state index contributed by atoms with van der Waals surface area (Å²) >= 11 is 3.34. The van der Waals surface area contributed by atoms with E-state index in [1.807, 2.05) is 55.5 Å². The van der Waals surface area contributed by atoms with Gasteiger partial charge in [-0.3, -0.25) is 14.5 Å². The molecule has 0 spiro atoms. The van der Waals surface area contributed by atoms with E-state index in [2.05, 4.69) is 26.6 Å². The lowest BCUT2D eigenvalue weighted by Crippen LogP contribution is -2.36. The van der Waals surface area contributed by atoms with Gasteiger partial charge in [-0.05, 0) is 50.4 Å². The quantitative estimate of drug-likeness (QED) is 0.796. The van der Waals surface area contributed by atoms with Crippen molar-refractivity contribution < 1.29 is 9.59 Å². The van der Waals surface area contributed by atoms with Gasteiger partial charge in [0.15, 0.2) is 0 Å². The van der Waals surface area contributed by atoms with Crippen LogP contribution in [0.2, 0.25) is 0 Å². The van der Waals surface area contributed by atoms with E-state index in [-0.39, 0.29) is 24.9 Å². The summed E-state index contributed by atoms with van der Waals surface area (Å²) in [7, 11) is 1.73. The van der Waals surface area contributed by atoms with Gasteiger partial charge in [0.05, 0.1) is 13.1 Å². The lowest BCUT2D eigenvalue weighted by Gasteiger charge is -2.16. The van der Waals surface area contributed by atoms with Gasteiger partial charge >= 0.3 is 0 Å². The average molecular weight is 390 g/mol. The first-order chi connectivity index (χ1) is 11.4. The predicted molar refractivity (Wildman–Crippen MR) is 100 cm³/mol. The molecule has 2 amide bonds. The van der Waals surface area contributed by atoms with Crippen LogP contribution >= 0.6 is 15.9 Å². The first-order valence-electron chi connectivity index (χ1n) is 7.53. The zero-order valence-electron chi connectivity index (χ0n) is 13.7. The first-order valence-corrected chi connectivity index (χ1v) is 8.32. The molecule has 0 aliphatic carbocycles. The summed E-state index contributed by atoms with van der Waals surface area (Å²) in [6.07, 6.45) is 0. The third-order valence-corrected chi connectivity index (χ3v) is 3.82. The van der Waals surface area contributed by atoms with Crippen LogP contribution in [0.25, 0.3) is 0 Å². The lowest BCUT2D eigenvalue weighted by molar-refractivity contribution is -0.119. The van der Waals surface area contributed by atoms with Gasteiger partial charge in [-0.2, -0.15) is 0 Å². The molecule has 2 rings (SSSR count). The van der Waals surface area contributed by atoms with Gasteiger partial charge in [-0.1, -0.05) is 33.6 Å². The number of anilines is 2. The van der Waals surface area contributed by atoms with Crippen LogP contribution in [0.15, 0.2) is 53.0 Å². The predicted octanol–water partition coefficient (Wildman–Crippen LogP) is 3.27. The number of benzene rings is 2. The number of aryl methyl sites for hydroxylation is 1. The minimum absolute atomic E-state index is 0.136. The van der Waals surface area contributed by atoms with Gasteiger partial charge < -0.3 is 10.6 Å². The first kappa shape index (κ1) is 18.2. The van der Waals surface area contributed by atoms with Crippen LogP contribution in [0.5, 0.6) is 0 Å². The Morgan fingerprint density at radius 2 is 1.29 bits per heavy atom. The van der Waals surface area contributed by atoms with E-state index in [4.69, 9.17) is 0 Å². The van der Waals surface area contributed by atoms with Crippen molar-refractivity contribution in [3.8, 4) is 0 Å². The Labute approximate surface area is 150 Å². The highest BCUT2D eigenvalue weighted by atomic mass is 79.9. The fourth-order valence-corrected chi connectivity index (χ4v) is 2.38. The molecule has 0 aliphatic rings. The van der Waals surface area contributed by atoms with Crippen LogP contribution < -0.4 is 10.6 Å². The van der Waals surface area contributed by atoms with Crippen molar-refractivity contribution in [2.75, 3.05) is 30.8 Å². The Morgan fingerprint density at radius 3 is 1.75 bits per heavy atom. The topological polar surface area (TPSA) is 61.4 Å². The molecule has 0 aromatic heterocycles. The van der Waals surface area contributed by atoms with Crippen LogP contribution in [0.3, 0.4) is 0 Å². The molecule has 0 aliphatic heterocycles. The standard InChI is InChI=1S/C18H20BrN3O2/c1-13-3-7-15(8-4-13)20-17(23)11-22(2)12-18(24)21-16-9-5-14(19)6-10-16/h3-10H,11-12H2,1-2H3,(H,20,23)(H,21,24). The Morgan fingerprint density at radius 1 is 0.875 bits per heavy atom. The molecule has 24 heavy (non-hydrogen) atoms. The van der Waals surface area contributed by atoms with Crippen LogP contribution in [0.4, 0.5) is 11.4 Å². The SMILES string of the molecule is Cc1ccc(NC(=O)CN(C)CC(=O)Nc2ccc(Br)cc2)cc1. The van der Waals surface area contributed by atoms with E-state index in [9.17, 15) is 9.59 Å². The number of hydrogen-bond acceptors (Lipinski definition) is 3. The molecule has 0 saturated heterocycles. The molecular formula is C18H20BrN3O2. The maximum absolute atomic E-state index is 12.0. The number of nitrogens with one attached hydrogen (secondary N) is 2. The lowest BCUT2D eigenvalue weighted by atomic mass is 10.2. The minimum atomic E-state index is -0.164. The summed E-state index contributed by atoms with van der Waals surface area (Å²) in [6, 6.07) is 14.9. The van der Waals surface area contributed by atoms with Gasteiger partial charge in [-0.25, -0.2) is 0 Å². The number of hydrogen-bond donors (Lipinski definition) is 2. The number of amides is 2. The second kappa shape index (κ2) is 8.61. The summed E-state index contributed by atoms with van der Waals surface area (Å²) in [5.74, 6) is -0.319. The minimum Gasteiger partial charge on any atom is -0.325 e. The molecule has 0 fully saturated rings. The van der Waals surface area contributed by atoms with Crippen molar-refractivity contribution >= 4 is 39.1 Å². The van der Waals surface area contributed by atoms with Crippen LogP contribution in [0, 0.1) is 6.92 Å². The molecule has 0 atom stereocenters. The van der Waals surface area contributed by atoms with Crippen molar-refractivity contribution in [2.24, 2.45) is 0 Å². The van der Waals surface area contributed by atoms with E-state index in [1.54, 1.807) is 11.9 Å². The van der Waals surface area contributed by atoms with Crippen molar-refractivity contribution in [3.63, 3.8) is 0 Å². The number of likely N-dealkylation sites (N-methyl/N-ethyl adjacent to an activating group) is 1. The number of halogens is 1. The maximum Gasteiger partial charge on any atom is 0.238 e. The van der Waals surface area contributed by atoms with Crippen LogP contribution in [0.1, 0.15) is 5.56 Å². The average Bonchev–Trinajstić information content (AvgIpc) is 2.51. The van der Waals surface area contributed by atoms with Gasteiger partial charge in [0.2, 0.25) is 11.8 Å². The van der Waals surface area contributed by atoms with Gasteiger partial charge in [0.1, 0.15) is 0 Å². The monoisotopic (exact) mass is 389 g/mol. The summed E-state index contributed by atoms with van der Waals surface area (Å²) < 4.78 is 0.949. The Hall–Kier alpha value is -2.18. The van der Waals surface area contributed by atoms with E-state index in [1.165, 1.54) is 0 Å². The second-order valence-electron chi connectivity index (χ2n) is 5.64. The molecule has 2 aromatic rings. The summed E-state index contributed by atoms with van der Waals surface area (Å²) in [4.78, 5) is 25.6. The Kier molecular flexibility index (Phi) is 6.52. The molecule has 2 N–H and O–H groups in total. The van der Waals surface area contributed by atoms with Crippen LogP contribution in [-0.2, 0) is 9.59 Å². The molecule has 0 heterocycles. The number of nitrogens with zero attached hydrogens (tertiary/aromatic N) is 1. The summed E-state index contributed by atoms with van der Waals surface area (Å²) in [5, 5.41) is 5.61. The maximum atomic E-state index is 12.0. The van der Waals surface area contributed by atoms with Crippen molar-refractivity contribution in [1.29, 1.82) is 0 Å². The fraction of sp³-hybridized carbons (Fsp3) is 0.222. The van der Waals surface area contributed by atoms with Gasteiger partial charge in [0, 0.05) is 15.8 Å². The fourth-order valence-electron chi connectivity index (χ4n) is 2.12. The number of rotatable bonds is 6. The number of carbonyl (C=O) groups is 2. The van der Waals surface area contributed by atoms with Gasteiger partial charge in [-0.15, -0.1) is 0 Å². The van der Waals surface area contributed by atoms with E-state index >= 15 is 0 Å². The Balaban J connectivity index is 1.78. The highest BCUT2D eigenvalue weighted by molar-refractivity contribution is 9.10. The van der Waals surface area contributed by atoms with Crippen molar-refractivity contribution in [2.45, 2.75) is 6.92 Å². The van der Waals surface area contributed by atoms with E-state index in [0.717, 1.165) is 21.4 Å². The van der Waals surface area contributed by atoms with Crippen molar-refractivity contribution in [1.82, 2.24) is 4.90 Å². The second-order valence-corrected chi connectivity index (χ2v) is 6.56. The van der Waals surface area contributed by atoms with E-state index in [0.29, 0.717) is 0 Å². The largest absolute Gasteiger partial charge is 0.325 e. The molecule has 6 heteroatoms.